The number of sulfonamides is 1. The predicted molar refractivity (Wildman–Crippen MR) is 136 cm³/mol. The maximum absolute atomic E-state index is 12.9. The van der Waals surface area contributed by atoms with E-state index in [1.807, 2.05) is 0 Å². The molecule has 2 aliphatic rings. The minimum Gasteiger partial charge on any atom is -0.355 e. The lowest BCUT2D eigenvalue weighted by Crippen LogP contribution is -2.46. The highest BCUT2D eigenvalue weighted by molar-refractivity contribution is 9.11. The summed E-state index contributed by atoms with van der Waals surface area (Å²) in [6.07, 6.45) is 4.97. The highest BCUT2D eigenvalue weighted by Crippen LogP contribution is 2.31. The van der Waals surface area contributed by atoms with Crippen LogP contribution < -0.4 is 5.32 Å². The summed E-state index contributed by atoms with van der Waals surface area (Å²) in [5.74, 6) is 0.423. The summed E-state index contributed by atoms with van der Waals surface area (Å²) in [5, 5.41) is 3.06. The quantitative estimate of drug-likeness (QED) is 0.536. The fourth-order valence-corrected chi connectivity index (χ4v) is 8.47. The number of benzene rings is 1. The molecule has 9 heteroatoms. The number of carbonyl (C=O) groups excluding carboxylic acids is 1. The van der Waals surface area contributed by atoms with Crippen molar-refractivity contribution < 1.29 is 13.2 Å². The number of piperidine rings is 2. The van der Waals surface area contributed by atoms with Gasteiger partial charge >= 0.3 is 0 Å². The predicted octanol–water partition coefficient (Wildman–Crippen LogP) is 3.98. The number of nitrogens with one attached hydrogen (secondary N) is 1. The summed E-state index contributed by atoms with van der Waals surface area (Å²) in [6, 6.07) is 14.1. The van der Waals surface area contributed by atoms with Gasteiger partial charge in [-0.25, -0.2) is 8.42 Å². The van der Waals surface area contributed by atoms with Crippen molar-refractivity contribution in [1.29, 1.82) is 0 Å². The van der Waals surface area contributed by atoms with E-state index in [0.29, 0.717) is 23.7 Å². The van der Waals surface area contributed by atoms with Gasteiger partial charge in [0, 0.05) is 26.2 Å². The van der Waals surface area contributed by atoms with Gasteiger partial charge < -0.3 is 10.2 Å². The maximum atomic E-state index is 12.9. The van der Waals surface area contributed by atoms with Crippen LogP contribution in [0.15, 0.2) is 50.5 Å². The van der Waals surface area contributed by atoms with Gasteiger partial charge in [-0.1, -0.05) is 30.3 Å². The Kier molecular flexibility index (Phi) is 8.62. The van der Waals surface area contributed by atoms with Gasteiger partial charge in [-0.05, 0) is 84.7 Å². The highest BCUT2D eigenvalue weighted by atomic mass is 79.9. The average Bonchev–Trinajstić information content (AvgIpc) is 3.28. The Morgan fingerprint density at radius 2 is 1.82 bits per heavy atom. The minimum absolute atomic E-state index is 0.0266. The summed E-state index contributed by atoms with van der Waals surface area (Å²) < 4.78 is 28.4. The Balaban J connectivity index is 1.19. The van der Waals surface area contributed by atoms with Crippen LogP contribution in [0, 0.1) is 11.8 Å². The average molecular weight is 555 g/mol. The molecule has 0 saturated carbocycles. The number of amides is 1. The molecule has 1 aromatic heterocycles. The molecule has 0 radical (unpaired) electrons. The van der Waals surface area contributed by atoms with Crippen molar-refractivity contribution in [3.63, 3.8) is 0 Å². The van der Waals surface area contributed by atoms with E-state index >= 15 is 0 Å². The third-order valence-corrected chi connectivity index (χ3v) is 10.7. The molecular formula is C24H32BrN3O3S2. The fraction of sp³-hybridized carbons (Fsp3) is 0.542. The Morgan fingerprint density at radius 3 is 2.52 bits per heavy atom. The molecule has 2 saturated heterocycles. The Hall–Kier alpha value is -1.26. The largest absolute Gasteiger partial charge is 0.355 e. The lowest BCUT2D eigenvalue weighted by molar-refractivity contribution is -0.126. The third-order valence-electron chi connectivity index (χ3n) is 6.70. The second-order valence-electron chi connectivity index (χ2n) is 9.03. The molecule has 2 aromatic rings. The Labute approximate surface area is 209 Å². The van der Waals surface area contributed by atoms with Crippen LogP contribution >= 0.6 is 27.3 Å². The van der Waals surface area contributed by atoms with Crippen molar-refractivity contribution in [2.45, 2.75) is 36.3 Å². The van der Waals surface area contributed by atoms with Crippen molar-refractivity contribution in [1.82, 2.24) is 14.5 Å². The Bertz CT molecular complexity index is 1020. The van der Waals surface area contributed by atoms with Crippen LogP contribution in [0.4, 0.5) is 0 Å². The molecule has 1 atom stereocenters. The summed E-state index contributed by atoms with van der Waals surface area (Å²) in [5.41, 5.74) is 1.42. The van der Waals surface area contributed by atoms with Crippen LogP contribution in [0.3, 0.4) is 0 Å². The molecule has 180 valence electrons. The van der Waals surface area contributed by atoms with Crippen molar-refractivity contribution in [3.8, 4) is 0 Å². The fourth-order valence-electron chi connectivity index (χ4n) is 4.78. The molecule has 1 aromatic carbocycles. The van der Waals surface area contributed by atoms with Gasteiger partial charge in [0.15, 0.2) is 0 Å². The SMILES string of the molecule is O=C(NCCN1CCC(Cc2ccccc2)CC1)C1CCCN(S(=O)(=O)c2ccc(Br)s2)C1. The van der Waals surface area contributed by atoms with E-state index in [1.165, 1.54) is 34.0 Å². The van der Waals surface area contributed by atoms with Gasteiger partial charge in [0.25, 0.3) is 10.0 Å². The van der Waals surface area contributed by atoms with Gasteiger partial charge in [0.1, 0.15) is 4.21 Å². The molecule has 1 unspecified atom stereocenters. The van der Waals surface area contributed by atoms with E-state index in [4.69, 9.17) is 0 Å². The second kappa shape index (κ2) is 11.4. The van der Waals surface area contributed by atoms with Crippen LogP contribution in [0.2, 0.25) is 0 Å². The molecule has 2 fully saturated rings. The maximum Gasteiger partial charge on any atom is 0.252 e. The number of halogens is 1. The number of carbonyl (C=O) groups is 1. The molecule has 0 spiro atoms. The van der Waals surface area contributed by atoms with Crippen LogP contribution in [0.1, 0.15) is 31.2 Å². The van der Waals surface area contributed by atoms with E-state index in [2.05, 4.69) is 56.5 Å². The van der Waals surface area contributed by atoms with Gasteiger partial charge in [0.2, 0.25) is 5.91 Å². The first-order valence-electron chi connectivity index (χ1n) is 11.7. The number of thiophene rings is 1. The van der Waals surface area contributed by atoms with E-state index in [1.54, 1.807) is 12.1 Å². The number of hydrogen-bond acceptors (Lipinski definition) is 5. The number of nitrogens with zero attached hydrogens (tertiary/aromatic N) is 2. The second-order valence-corrected chi connectivity index (χ2v) is 13.7. The van der Waals surface area contributed by atoms with Gasteiger partial charge in [-0.3, -0.25) is 4.79 Å². The number of hydrogen-bond donors (Lipinski definition) is 1. The lowest BCUT2D eigenvalue weighted by atomic mass is 9.90. The summed E-state index contributed by atoms with van der Waals surface area (Å²) >= 11 is 4.54. The summed E-state index contributed by atoms with van der Waals surface area (Å²) in [7, 11) is -3.54. The zero-order valence-electron chi connectivity index (χ0n) is 18.8. The smallest absolute Gasteiger partial charge is 0.252 e. The molecular weight excluding hydrogens is 522 g/mol. The van der Waals surface area contributed by atoms with Gasteiger partial charge in [-0.2, -0.15) is 4.31 Å². The van der Waals surface area contributed by atoms with E-state index < -0.39 is 10.0 Å². The zero-order valence-corrected chi connectivity index (χ0v) is 22.0. The summed E-state index contributed by atoms with van der Waals surface area (Å²) in [4.78, 5) is 15.2. The van der Waals surface area contributed by atoms with Crippen molar-refractivity contribution >= 4 is 43.2 Å². The normalized spacial score (nSPS) is 21.2. The number of likely N-dealkylation sites (tertiary alicyclic amines) is 1. The molecule has 4 rings (SSSR count). The molecule has 33 heavy (non-hydrogen) atoms. The minimum atomic E-state index is -3.54. The Morgan fingerprint density at radius 1 is 1.06 bits per heavy atom. The van der Waals surface area contributed by atoms with Gasteiger partial charge in [-0.15, -0.1) is 11.3 Å². The first-order valence-corrected chi connectivity index (χ1v) is 14.8. The van der Waals surface area contributed by atoms with Crippen LogP contribution in [0.5, 0.6) is 0 Å². The molecule has 2 aliphatic heterocycles. The van der Waals surface area contributed by atoms with Crippen LogP contribution in [-0.4, -0.2) is 62.8 Å². The van der Waals surface area contributed by atoms with Crippen molar-refractivity contribution in [2.75, 3.05) is 39.3 Å². The first-order chi connectivity index (χ1) is 15.9. The lowest BCUT2D eigenvalue weighted by Gasteiger charge is -2.33. The zero-order chi connectivity index (χ0) is 23.3. The first kappa shape index (κ1) is 24.9. The van der Waals surface area contributed by atoms with Crippen LogP contribution in [-0.2, 0) is 21.2 Å². The monoisotopic (exact) mass is 553 g/mol. The van der Waals surface area contributed by atoms with Crippen LogP contribution in [0.25, 0.3) is 0 Å². The standard InChI is InChI=1S/C24H32BrN3O3S2/c25-22-8-9-23(32-22)33(30,31)28-13-4-7-21(18-28)24(29)26-12-16-27-14-10-20(11-15-27)17-19-5-2-1-3-6-19/h1-3,5-6,8-9,20-21H,4,7,10-18H2,(H,26,29). The topological polar surface area (TPSA) is 69.7 Å². The molecule has 3 heterocycles. The molecule has 1 amide bonds. The van der Waals surface area contributed by atoms with Crippen molar-refractivity contribution in [2.24, 2.45) is 11.8 Å². The summed E-state index contributed by atoms with van der Waals surface area (Å²) in [6.45, 7) is 4.33. The molecule has 0 aliphatic carbocycles. The van der Waals surface area contributed by atoms with E-state index in [0.717, 1.165) is 42.2 Å². The van der Waals surface area contributed by atoms with E-state index in [-0.39, 0.29) is 18.4 Å². The molecule has 1 N–H and O–H groups in total. The third kappa shape index (κ3) is 6.66. The highest BCUT2D eigenvalue weighted by Gasteiger charge is 2.34. The van der Waals surface area contributed by atoms with Gasteiger partial charge in [0.05, 0.1) is 9.70 Å². The number of rotatable bonds is 8. The molecule has 0 bridgehead atoms. The molecule has 6 nitrogen and oxygen atoms in total. The van der Waals surface area contributed by atoms with Crippen molar-refractivity contribution in [3.05, 3.63) is 51.8 Å². The van der Waals surface area contributed by atoms with E-state index in [9.17, 15) is 13.2 Å².